The Labute approximate surface area is 107 Å². The van der Waals surface area contributed by atoms with Gasteiger partial charge in [0.05, 0.1) is 25.0 Å². The van der Waals surface area contributed by atoms with Gasteiger partial charge in [-0.05, 0) is 25.1 Å². The Morgan fingerprint density at radius 2 is 2.28 bits per heavy atom. The molecule has 0 aromatic carbocycles. The van der Waals surface area contributed by atoms with Crippen molar-refractivity contribution in [2.45, 2.75) is 12.5 Å². The molecule has 0 spiro atoms. The number of nitrogens with zero attached hydrogens (tertiary/aromatic N) is 3. The molecule has 0 amide bonds. The first-order valence-electron chi connectivity index (χ1n) is 5.88. The van der Waals surface area contributed by atoms with Gasteiger partial charge in [-0.25, -0.2) is 0 Å². The Hall–Kier alpha value is -1.88. The number of hydrogen-bond acceptors (Lipinski definition) is 4. The van der Waals surface area contributed by atoms with Crippen LogP contribution in [0, 0.1) is 0 Å². The van der Waals surface area contributed by atoms with Gasteiger partial charge in [-0.3, -0.25) is 9.67 Å². The van der Waals surface area contributed by atoms with Crippen molar-refractivity contribution in [1.29, 1.82) is 0 Å². The summed E-state index contributed by atoms with van der Waals surface area (Å²) in [5, 5.41) is 7.53. The molecule has 2 rings (SSSR count). The zero-order valence-corrected chi connectivity index (χ0v) is 10.9. The smallest absolute Gasteiger partial charge is 0.161 e. The lowest BCUT2D eigenvalue weighted by Crippen LogP contribution is -2.22. The molecule has 0 aliphatic rings. The minimum Gasteiger partial charge on any atom is -0.493 e. The molecule has 0 bridgehead atoms. The Kier molecular flexibility index (Phi) is 3.94. The van der Waals surface area contributed by atoms with E-state index in [0.717, 1.165) is 17.9 Å². The average molecular weight is 246 g/mol. The number of rotatable bonds is 5. The molecule has 0 saturated carbocycles. The van der Waals surface area contributed by atoms with Crippen molar-refractivity contribution in [3.8, 4) is 5.75 Å². The molecule has 2 heterocycles. The van der Waals surface area contributed by atoms with Gasteiger partial charge in [0.15, 0.2) is 5.75 Å². The van der Waals surface area contributed by atoms with Gasteiger partial charge in [0.1, 0.15) is 0 Å². The van der Waals surface area contributed by atoms with Gasteiger partial charge in [0.25, 0.3) is 0 Å². The van der Waals surface area contributed by atoms with Crippen molar-refractivity contribution < 1.29 is 4.74 Å². The van der Waals surface area contributed by atoms with E-state index >= 15 is 0 Å². The molecule has 1 atom stereocenters. The molecule has 5 heteroatoms. The zero-order chi connectivity index (χ0) is 13.0. The van der Waals surface area contributed by atoms with Crippen LogP contribution in [0.1, 0.15) is 17.3 Å². The number of likely N-dealkylation sites (N-methyl/N-ethyl adjacent to an activating group) is 1. The van der Waals surface area contributed by atoms with Crippen molar-refractivity contribution in [3.05, 3.63) is 42.0 Å². The Morgan fingerprint density at radius 1 is 1.44 bits per heavy atom. The lowest BCUT2D eigenvalue weighted by Gasteiger charge is -2.17. The number of nitrogens with one attached hydrogen (secondary N) is 1. The summed E-state index contributed by atoms with van der Waals surface area (Å²) in [5.41, 5.74) is 2.23. The van der Waals surface area contributed by atoms with Crippen LogP contribution in [0.25, 0.3) is 0 Å². The van der Waals surface area contributed by atoms with Gasteiger partial charge in [0.2, 0.25) is 0 Å². The van der Waals surface area contributed by atoms with Crippen LogP contribution < -0.4 is 10.1 Å². The van der Waals surface area contributed by atoms with Crippen LogP contribution in [0.4, 0.5) is 0 Å². The molecule has 2 aromatic rings. The highest BCUT2D eigenvalue weighted by molar-refractivity contribution is 5.29. The molecule has 5 nitrogen and oxygen atoms in total. The summed E-state index contributed by atoms with van der Waals surface area (Å²) >= 11 is 0. The fourth-order valence-corrected chi connectivity index (χ4v) is 2.07. The monoisotopic (exact) mass is 246 g/mol. The van der Waals surface area contributed by atoms with Crippen molar-refractivity contribution in [3.63, 3.8) is 0 Å². The molecular weight excluding hydrogens is 228 g/mol. The SMILES string of the molecule is CNC(Cc1cccnc1)c1c(OC)cnn1C. The van der Waals surface area contributed by atoms with Crippen molar-refractivity contribution in [2.24, 2.45) is 7.05 Å². The van der Waals surface area contributed by atoms with Crippen molar-refractivity contribution in [2.75, 3.05) is 14.2 Å². The normalized spacial score (nSPS) is 12.4. The van der Waals surface area contributed by atoms with Crippen LogP contribution in [0.15, 0.2) is 30.7 Å². The third kappa shape index (κ3) is 2.51. The van der Waals surface area contributed by atoms with Crippen LogP contribution in [0.2, 0.25) is 0 Å². The van der Waals surface area contributed by atoms with E-state index in [1.54, 1.807) is 19.5 Å². The van der Waals surface area contributed by atoms with Crippen LogP contribution in [0.3, 0.4) is 0 Å². The second kappa shape index (κ2) is 5.64. The number of pyridine rings is 1. The maximum Gasteiger partial charge on any atom is 0.161 e. The fourth-order valence-electron chi connectivity index (χ4n) is 2.07. The third-order valence-corrected chi connectivity index (χ3v) is 3.01. The molecule has 0 saturated heterocycles. The lowest BCUT2D eigenvalue weighted by atomic mass is 10.0. The van der Waals surface area contributed by atoms with Gasteiger partial charge in [0, 0.05) is 19.4 Å². The van der Waals surface area contributed by atoms with Gasteiger partial charge >= 0.3 is 0 Å². The first kappa shape index (κ1) is 12.6. The van der Waals surface area contributed by atoms with E-state index in [1.807, 2.05) is 31.0 Å². The van der Waals surface area contributed by atoms with E-state index in [4.69, 9.17) is 4.74 Å². The van der Waals surface area contributed by atoms with E-state index in [1.165, 1.54) is 5.56 Å². The lowest BCUT2D eigenvalue weighted by molar-refractivity contribution is 0.397. The minimum atomic E-state index is 0.150. The highest BCUT2D eigenvalue weighted by Crippen LogP contribution is 2.26. The molecule has 2 aromatic heterocycles. The summed E-state index contributed by atoms with van der Waals surface area (Å²) in [7, 11) is 5.52. The molecule has 0 aliphatic heterocycles. The maximum absolute atomic E-state index is 5.35. The molecule has 0 fully saturated rings. The maximum atomic E-state index is 5.35. The number of ether oxygens (including phenoxy) is 1. The minimum absolute atomic E-state index is 0.150. The van der Waals surface area contributed by atoms with Gasteiger partial charge in [-0.1, -0.05) is 6.07 Å². The summed E-state index contributed by atoms with van der Waals surface area (Å²) in [6.07, 6.45) is 6.25. The van der Waals surface area contributed by atoms with Crippen LogP contribution in [-0.4, -0.2) is 28.9 Å². The highest BCUT2D eigenvalue weighted by atomic mass is 16.5. The first-order chi connectivity index (χ1) is 8.76. The van der Waals surface area contributed by atoms with Crippen molar-refractivity contribution in [1.82, 2.24) is 20.1 Å². The van der Waals surface area contributed by atoms with Crippen LogP contribution in [-0.2, 0) is 13.5 Å². The average Bonchev–Trinajstić information content (AvgIpc) is 2.78. The van der Waals surface area contributed by atoms with E-state index < -0.39 is 0 Å². The summed E-state index contributed by atoms with van der Waals surface area (Å²) in [6, 6.07) is 4.17. The van der Waals surface area contributed by atoms with Gasteiger partial charge < -0.3 is 10.1 Å². The number of aromatic nitrogens is 3. The molecule has 96 valence electrons. The largest absolute Gasteiger partial charge is 0.493 e. The quantitative estimate of drug-likeness (QED) is 0.864. The predicted molar refractivity (Wildman–Crippen MR) is 69.5 cm³/mol. The zero-order valence-electron chi connectivity index (χ0n) is 10.9. The summed E-state index contributed by atoms with van der Waals surface area (Å²) < 4.78 is 7.19. The second-order valence-electron chi connectivity index (χ2n) is 4.13. The highest BCUT2D eigenvalue weighted by Gasteiger charge is 2.19. The van der Waals surface area contributed by atoms with E-state index in [2.05, 4.69) is 21.5 Å². The fraction of sp³-hybridized carbons (Fsp3) is 0.385. The molecular formula is C13H18N4O. The molecule has 0 aliphatic carbocycles. The Morgan fingerprint density at radius 3 is 2.89 bits per heavy atom. The summed E-state index contributed by atoms with van der Waals surface area (Å²) in [5.74, 6) is 0.806. The van der Waals surface area contributed by atoms with Gasteiger partial charge in [-0.15, -0.1) is 0 Å². The summed E-state index contributed by atoms with van der Waals surface area (Å²) in [6.45, 7) is 0. The molecule has 18 heavy (non-hydrogen) atoms. The Bertz CT molecular complexity index is 495. The molecule has 1 unspecified atom stereocenters. The van der Waals surface area contributed by atoms with Crippen molar-refractivity contribution >= 4 is 0 Å². The number of hydrogen-bond donors (Lipinski definition) is 1. The van der Waals surface area contributed by atoms with E-state index in [-0.39, 0.29) is 6.04 Å². The number of aryl methyl sites for hydroxylation is 1. The topological polar surface area (TPSA) is 52.0 Å². The van der Waals surface area contributed by atoms with Crippen LogP contribution in [0.5, 0.6) is 5.75 Å². The van der Waals surface area contributed by atoms with Crippen LogP contribution >= 0.6 is 0 Å². The number of methoxy groups -OCH3 is 1. The van der Waals surface area contributed by atoms with Gasteiger partial charge in [-0.2, -0.15) is 5.10 Å². The third-order valence-electron chi connectivity index (χ3n) is 3.01. The summed E-state index contributed by atoms with van der Waals surface area (Å²) in [4.78, 5) is 4.14. The standard InChI is InChI=1S/C13H18N4O/c1-14-11(7-10-5-4-6-15-8-10)13-12(18-3)9-16-17(13)2/h4-6,8-9,11,14H,7H2,1-3H3. The van der Waals surface area contributed by atoms with E-state index in [9.17, 15) is 0 Å². The second-order valence-corrected chi connectivity index (χ2v) is 4.13. The van der Waals surface area contributed by atoms with E-state index in [0.29, 0.717) is 0 Å². The predicted octanol–water partition coefficient (Wildman–Crippen LogP) is 1.33. The molecule has 0 radical (unpaired) electrons. The first-order valence-corrected chi connectivity index (χ1v) is 5.88. The molecule has 1 N–H and O–H groups in total. The Balaban J connectivity index is 2.25.